The number of rotatable bonds is 5. The maximum absolute atomic E-state index is 11.0. The summed E-state index contributed by atoms with van der Waals surface area (Å²) in [6.45, 7) is 6.46. The number of nitriles is 1. The van der Waals surface area contributed by atoms with Crippen molar-refractivity contribution in [3.63, 3.8) is 0 Å². The lowest BCUT2D eigenvalue weighted by Gasteiger charge is -2.22. The van der Waals surface area contributed by atoms with Crippen LogP contribution in [0.4, 0.5) is 11.5 Å². The monoisotopic (exact) mass is 248 g/mol. The molecule has 0 spiro atoms. The average molecular weight is 248 g/mol. The Morgan fingerprint density at radius 3 is 2.78 bits per heavy atom. The van der Waals surface area contributed by atoms with E-state index in [1.54, 1.807) is 24.8 Å². The summed E-state index contributed by atoms with van der Waals surface area (Å²) in [5.74, 6) is 0.136. The average Bonchev–Trinajstić information content (AvgIpc) is 2.35. The van der Waals surface area contributed by atoms with Crippen LogP contribution in [-0.2, 0) is 0 Å². The maximum atomic E-state index is 11.0. The van der Waals surface area contributed by atoms with Gasteiger partial charge in [0.15, 0.2) is 0 Å². The molecule has 1 aromatic heterocycles. The third-order valence-electron chi connectivity index (χ3n) is 2.59. The highest BCUT2D eigenvalue weighted by molar-refractivity contribution is 5.58. The molecule has 0 saturated heterocycles. The first kappa shape index (κ1) is 13.9. The Morgan fingerprint density at radius 1 is 1.61 bits per heavy atom. The van der Waals surface area contributed by atoms with Crippen LogP contribution in [0.1, 0.15) is 19.5 Å². The molecule has 0 bridgehead atoms. The van der Waals surface area contributed by atoms with Crippen LogP contribution in [-0.4, -0.2) is 23.0 Å². The summed E-state index contributed by atoms with van der Waals surface area (Å²) in [4.78, 5) is 16.5. The molecule has 1 heterocycles. The second-order valence-electron chi connectivity index (χ2n) is 4.12. The fraction of sp³-hybridized carbons (Fsp3) is 0.500. The first-order valence-corrected chi connectivity index (χ1v) is 5.76. The van der Waals surface area contributed by atoms with Crippen molar-refractivity contribution in [3.8, 4) is 6.07 Å². The van der Waals surface area contributed by atoms with Crippen molar-refractivity contribution in [1.29, 1.82) is 5.26 Å². The minimum Gasteiger partial charge on any atom is -0.350 e. The van der Waals surface area contributed by atoms with Crippen LogP contribution in [0.5, 0.6) is 0 Å². The zero-order valence-corrected chi connectivity index (χ0v) is 10.8. The third-order valence-corrected chi connectivity index (χ3v) is 2.59. The lowest BCUT2D eigenvalue weighted by Crippen LogP contribution is -2.29. The molecule has 18 heavy (non-hydrogen) atoms. The molecule has 0 aromatic carbocycles. The van der Waals surface area contributed by atoms with Gasteiger partial charge in [-0.05, 0) is 26.8 Å². The topological polar surface area (TPSA) is 83.1 Å². The van der Waals surface area contributed by atoms with Crippen LogP contribution in [0.15, 0.2) is 12.1 Å². The number of nitro groups is 1. The summed E-state index contributed by atoms with van der Waals surface area (Å²) in [6.07, 6.45) is 0. The number of aryl methyl sites for hydroxylation is 1. The van der Waals surface area contributed by atoms with Crippen LogP contribution < -0.4 is 4.90 Å². The molecule has 0 radical (unpaired) electrons. The molecule has 1 atom stereocenters. The van der Waals surface area contributed by atoms with Gasteiger partial charge in [0.05, 0.1) is 16.9 Å². The molecule has 1 unspecified atom stereocenters. The normalized spacial score (nSPS) is 11.7. The summed E-state index contributed by atoms with van der Waals surface area (Å²) >= 11 is 0. The van der Waals surface area contributed by atoms with E-state index in [-0.39, 0.29) is 11.6 Å². The van der Waals surface area contributed by atoms with Gasteiger partial charge in [-0.1, -0.05) is 0 Å². The van der Waals surface area contributed by atoms with Crippen LogP contribution in [0.25, 0.3) is 0 Å². The van der Waals surface area contributed by atoms with Crippen molar-refractivity contribution in [2.45, 2.75) is 20.8 Å². The predicted octanol–water partition coefficient (Wildman–Crippen LogP) is 2.28. The van der Waals surface area contributed by atoms with E-state index in [1.165, 1.54) is 6.07 Å². The molecule has 0 saturated carbocycles. The van der Waals surface area contributed by atoms with E-state index in [1.807, 2.05) is 6.92 Å². The summed E-state index contributed by atoms with van der Waals surface area (Å²) in [5.41, 5.74) is 0.700. The van der Waals surface area contributed by atoms with Gasteiger partial charge in [-0.2, -0.15) is 5.26 Å². The standard InChI is InChI=1S/C12H16N4O2/c1-4-15(8-9(2)7-13)12-11(16(17)18)6-5-10(3)14-12/h5-6,9H,4,8H2,1-3H3. The number of hydrogen-bond donors (Lipinski definition) is 0. The second kappa shape index (κ2) is 5.96. The number of pyridine rings is 1. The van der Waals surface area contributed by atoms with Crippen LogP contribution in [0.2, 0.25) is 0 Å². The van der Waals surface area contributed by atoms with E-state index < -0.39 is 4.92 Å². The lowest BCUT2D eigenvalue weighted by atomic mass is 10.2. The van der Waals surface area contributed by atoms with Gasteiger partial charge in [0, 0.05) is 24.8 Å². The van der Waals surface area contributed by atoms with E-state index in [9.17, 15) is 10.1 Å². The highest BCUT2D eigenvalue weighted by Gasteiger charge is 2.21. The van der Waals surface area contributed by atoms with E-state index in [2.05, 4.69) is 11.1 Å². The minimum absolute atomic E-state index is 0.0208. The van der Waals surface area contributed by atoms with Gasteiger partial charge >= 0.3 is 5.69 Å². The number of anilines is 1. The fourth-order valence-corrected chi connectivity index (χ4v) is 1.65. The molecule has 6 nitrogen and oxygen atoms in total. The first-order valence-electron chi connectivity index (χ1n) is 5.76. The molecule has 1 aromatic rings. The number of aromatic nitrogens is 1. The number of nitrogens with zero attached hydrogens (tertiary/aromatic N) is 4. The first-order chi connectivity index (χ1) is 8.49. The van der Waals surface area contributed by atoms with E-state index >= 15 is 0 Å². The van der Waals surface area contributed by atoms with Gasteiger partial charge in [-0.3, -0.25) is 10.1 Å². The fourth-order valence-electron chi connectivity index (χ4n) is 1.65. The second-order valence-corrected chi connectivity index (χ2v) is 4.12. The largest absolute Gasteiger partial charge is 0.350 e. The zero-order valence-electron chi connectivity index (χ0n) is 10.8. The van der Waals surface area contributed by atoms with Gasteiger partial charge in [0.1, 0.15) is 0 Å². The van der Waals surface area contributed by atoms with Gasteiger partial charge in [-0.25, -0.2) is 4.98 Å². The molecule has 6 heteroatoms. The Hall–Kier alpha value is -2.16. The summed E-state index contributed by atoms with van der Waals surface area (Å²) < 4.78 is 0. The molecule has 96 valence electrons. The van der Waals surface area contributed by atoms with E-state index in [0.717, 1.165) is 5.69 Å². The zero-order chi connectivity index (χ0) is 13.7. The highest BCUT2D eigenvalue weighted by atomic mass is 16.6. The van der Waals surface area contributed by atoms with Gasteiger partial charge < -0.3 is 4.90 Å². The van der Waals surface area contributed by atoms with Crippen LogP contribution in [0.3, 0.4) is 0 Å². The van der Waals surface area contributed by atoms with Gasteiger partial charge in [0.25, 0.3) is 0 Å². The lowest BCUT2D eigenvalue weighted by molar-refractivity contribution is -0.384. The minimum atomic E-state index is -0.443. The maximum Gasteiger partial charge on any atom is 0.311 e. The molecule has 1 rings (SSSR count). The van der Waals surface area contributed by atoms with E-state index in [4.69, 9.17) is 5.26 Å². The third kappa shape index (κ3) is 3.17. The Kier molecular flexibility index (Phi) is 4.60. The van der Waals surface area contributed by atoms with Crippen LogP contribution in [0, 0.1) is 34.3 Å². The highest BCUT2D eigenvalue weighted by Crippen LogP contribution is 2.26. The predicted molar refractivity (Wildman–Crippen MR) is 68.3 cm³/mol. The Balaban J connectivity index is 3.15. The van der Waals surface area contributed by atoms with Gasteiger partial charge in [-0.15, -0.1) is 0 Å². The molecule has 0 aliphatic rings. The SMILES string of the molecule is CCN(CC(C)C#N)c1nc(C)ccc1[N+](=O)[O-]. The summed E-state index contributed by atoms with van der Waals surface area (Å²) in [6, 6.07) is 5.19. The van der Waals surface area contributed by atoms with E-state index in [0.29, 0.717) is 18.9 Å². The Morgan fingerprint density at radius 2 is 2.28 bits per heavy atom. The Labute approximate surface area is 106 Å². The van der Waals surface area contributed by atoms with Crippen molar-refractivity contribution in [3.05, 3.63) is 27.9 Å². The summed E-state index contributed by atoms with van der Waals surface area (Å²) in [5, 5.41) is 19.8. The van der Waals surface area contributed by atoms with Crippen molar-refractivity contribution >= 4 is 11.5 Å². The van der Waals surface area contributed by atoms with Gasteiger partial charge in [0.2, 0.25) is 5.82 Å². The van der Waals surface area contributed by atoms with Crippen molar-refractivity contribution in [1.82, 2.24) is 4.98 Å². The molecule has 0 aliphatic heterocycles. The quantitative estimate of drug-likeness (QED) is 0.589. The summed E-state index contributed by atoms with van der Waals surface area (Å²) in [7, 11) is 0. The van der Waals surface area contributed by atoms with Crippen molar-refractivity contribution < 1.29 is 4.92 Å². The molecular formula is C12H16N4O2. The molecule has 0 N–H and O–H groups in total. The number of hydrogen-bond acceptors (Lipinski definition) is 5. The molecule has 0 aliphatic carbocycles. The molecule has 0 fully saturated rings. The molecular weight excluding hydrogens is 232 g/mol. The van der Waals surface area contributed by atoms with Crippen molar-refractivity contribution in [2.24, 2.45) is 5.92 Å². The molecule has 0 amide bonds. The Bertz CT molecular complexity index is 481. The van der Waals surface area contributed by atoms with Crippen molar-refractivity contribution in [2.75, 3.05) is 18.0 Å². The van der Waals surface area contributed by atoms with Crippen LogP contribution >= 0.6 is 0 Å². The smallest absolute Gasteiger partial charge is 0.311 e.